The molecule has 1 aromatic carbocycles. The maximum Gasteiger partial charge on any atom is 0.325 e. The number of benzene rings is 1. The largest absolute Gasteiger partial charge is 0.480 e. The van der Waals surface area contributed by atoms with E-state index in [1.54, 1.807) is 19.9 Å². The minimum Gasteiger partial charge on any atom is -0.480 e. The van der Waals surface area contributed by atoms with Crippen LogP contribution in [0.3, 0.4) is 0 Å². The maximum absolute atomic E-state index is 11.5. The summed E-state index contributed by atoms with van der Waals surface area (Å²) < 4.78 is 0. The Morgan fingerprint density at radius 3 is 2.10 bits per heavy atom. The standard InChI is InChI=1S/C16H16O4/c1-10-11(2)16(14(17)18,15(19)20)9-8-13(10)12-6-4-3-5-7-12/h3-8H,9H2,1-2H3,(H,17,18)(H,19,20). The third-order valence-corrected chi connectivity index (χ3v) is 4.03. The SMILES string of the molecule is CC1=C(C)C(C(=O)O)(C(=O)O)CC=C1c1ccccc1. The number of hydrogen-bond acceptors (Lipinski definition) is 2. The van der Waals surface area contributed by atoms with Crippen molar-refractivity contribution >= 4 is 17.5 Å². The summed E-state index contributed by atoms with van der Waals surface area (Å²) in [6, 6.07) is 9.55. The number of rotatable bonds is 3. The van der Waals surface area contributed by atoms with Crippen molar-refractivity contribution in [2.75, 3.05) is 0 Å². The van der Waals surface area contributed by atoms with Crippen LogP contribution in [0.5, 0.6) is 0 Å². The fourth-order valence-corrected chi connectivity index (χ4v) is 2.62. The van der Waals surface area contributed by atoms with Crippen molar-refractivity contribution in [3.63, 3.8) is 0 Å². The highest BCUT2D eigenvalue weighted by Gasteiger charge is 2.49. The topological polar surface area (TPSA) is 74.6 Å². The Bertz CT molecular complexity index is 609. The summed E-state index contributed by atoms with van der Waals surface area (Å²) in [6.45, 7) is 3.36. The molecule has 0 saturated carbocycles. The summed E-state index contributed by atoms with van der Waals surface area (Å²) in [7, 11) is 0. The molecule has 0 heterocycles. The number of allylic oxidation sites excluding steroid dienone is 3. The van der Waals surface area contributed by atoms with E-state index in [1.165, 1.54) is 0 Å². The molecule has 2 rings (SSSR count). The Morgan fingerprint density at radius 2 is 1.60 bits per heavy atom. The van der Waals surface area contributed by atoms with Crippen molar-refractivity contribution < 1.29 is 19.8 Å². The molecule has 4 nitrogen and oxygen atoms in total. The molecule has 4 heteroatoms. The highest BCUT2D eigenvalue weighted by molar-refractivity contribution is 6.04. The summed E-state index contributed by atoms with van der Waals surface area (Å²) >= 11 is 0. The van der Waals surface area contributed by atoms with Crippen molar-refractivity contribution in [3.8, 4) is 0 Å². The van der Waals surface area contributed by atoms with Gasteiger partial charge in [-0.15, -0.1) is 0 Å². The predicted octanol–water partition coefficient (Wildman–Crippen LogP) is 2.97. The minimum absolute atomic E-state index is 0.0366. The van der Waals surface area contributed by atoms with Crippen LogP contribution >= 0.6 is 0 Å². The fraction of sp³-hybridized carbons (Fsp3) is 0.250. The van der Waals surface area contributed by atoms with Gasteiger partial charge in [0, 0.05) is 0 Å². The van der Waals surface area contributed by atoms with Crippen molar-refractivity contribution in [2.45, 2.75) is 20.3 Å². The minimum atomic E-state index is -1.84. The van der Waals surface area contributed by atoms with Gasteiger partial charge in [0.15, 0.2) is 5.41 Å². The number of carboxylic acid groups (broad SMARTS) is 2. The average molecular weight is 272 g/mol. The third-order valence-electron chi connectivity index (χ3n) is 4.03. The van der Waals surface area contributed by atoms with E-state index < -0.39 is 17.4 Å². The molecular weight excluding hydrogens is 256 g/mol. The van der Waals surface area contributed by atoms with Gasteiger partial charge in [0.2, 0.25) is 0 Å². The molecule has 0 saturated heterocycles. The van der Waals surface area contributed by atoms with Crippen LogP contribution in [0.15, 0.2) is 47.6 Å². The van der Waals surface area contributed by atoms with E-state index in [-0.39, 0.29) is 6.42 Å². The van der Waals surface area contributed by atoms with Crippen molar-refractivity contribution in [1.29, 1.82) is 0 Å². The van der Waals surface area contributed by atoms with Gasteiger partial charge in [-0.05, 0) is 42.6 Å². The van der Waals surface area contributed by atoms with E-state index in [1.807, 2.05) is 30.3 Å². The smallest absolute Gasteiger partial charge is 0.325 e. The van der Waals surface area contributed by atoms with E-state index >= 15 is 0 Å². The highest BCUT2D eigenvalue weighted by Crippen LogP contribution is 2.43. The van der Waals surface area contributed by atoms with Crippen LogP contribution in [0.25, 0.3) is 5.57 Å². The van der Waals surface area contributed by atoms with Crippen molar-refractivity contribution in [1.82, 2.24) is 0 Å². The molecule has 104 valence electrons. The van der Waals surface area contributed by atoms with Gasteiger partial charge in [0.05, 0.1) is 0 Å². The molecule has 0 radical (unpaired) electrons. The summed E-state index contributed by atoms with van der Waals surface area (Å²) in [5.41, 5.74) is 1.13. The van der Waals surface area contributed by atoms with E-state index in [2.05, 4.69) is 0 Å². The molecule has 0 amide bonds. The number of carboxylic acids is 2. The first-order valence-corrected chi connectivity index (χ1v) is 6.32. The van der Waals surface area contributed by atoms with E-state index in [0.29, 0.717) is 11.1 Å². The Hall–Kier alpha value is -2.36. The normalized spacial score (nSPS) is 17.6. The molecule has 1 aromatic rings. The molecule has 1 aliphatic rings. The Kier molecular flexibility index (Phi) is 3.49. The highest BCUT2D eigenvalue weighted by atomic mass is 16.4. The second-order valence-electron chi connectivity index (χ2n) is 4.95. The van der Waals surface area contributed by atoms with Gasteiger partial charge >= 0.3 is 11.9 Å². The quantitative estimate of drug-likeness (QED) is 0.829. The molecule has 0 spiro atoms. The van der Waals surface area contributed by atoms with Gasteiger partial charge in [0.1, 0.15) is 0 Å². The van der Waals surface area contributed by atoms with Crippen LogP contribution in [0.1, 0.15) is 25.8 Å². The maximum atomic E-state index is 11.5. The number of carbonyl (C=O) groups is 2. The van der Waals surface area contributed by atoms with Crippen LogP contribution in [0, 0.1) is 5.41 Å². The van der Waals surface area contributed by atoms with Gasteiger partial charge in [-0.25, -0.2) is 0 Å². The zero-order valence-corrected chi connectivity index (χ0v) is 11.4. The van der Waals surface area contributed by atoms with Crippen LogP contribution in [-0.2, 0) is 9.59 Å². The molecule has 0 aromatic heterocycles. The van der Waals surface area contributed by atoms with Gasteiger partial charge in [-0.2, -0.15) is 0 Å². The second-order valence-corrected chi connectivity index (χ2v) is 4.95. The lowest BCUT2D eigenvalue weighted by Crippen LogP contribution is -2.41. The van der Waals surface area contributed by atoms with Gasteiger partial charge < -0.3 is 10.2 Å². The Balaban J connectivity index is 2.55. The van der Waals surface area contributed by atoms with E-state index in [0.717, 1.165) is 11.1 Å². The number of aliphatic carboxylic acids is 2. The lowest BCUT2D eigenvalue weighted by atomic mass is 9.70. The van der Waals surface area contributed by atoms with Crippen molar-refractivity contribution in [3.05, 3.63) is 53.1 Å². The first kappa shape index (κ1) is 14.1. The zero-order valence-electron chi connectivity index (χ0n) is 11.4. The van der Waals surface area contributed by atoms with E-state index in [9.17, 15) is 19.8 Å². The molecule has 0 bridgehead atoms. The van der Waals surface area contributed by atoms with Crippen LogP contribution < -0.4 is 0 Å². The molecule has 0 unspecified atom stereocenters. The monoisotopic (exact) mass is 272 g/mol. The summed E-state index contributed by atoms with van der Waals surface area (Å²) in [4.78, 5) is 22.9. The number of hydrogen-bond donors (Lipinski definition) is 2. The van der Waals surface area contributed by atoms with Crippen LogP contribution in [0.4, 0.5) is 0 Å². The van der Waals surface area contributed by atoms with Gasteiger partial charge in [0.25, 0.3) is 0 Å². The second kappa shape index (κ2) is 4.96. The van der Waals surface area contributed by atoms with Crippen LogP contribution in [0.2, 0.25) is 0 Å². The molecule has 0 atom stereocenters. The molecule has 0 fully saturated rings. The molecule has 20 heavy (non-hydrogen) atoms. The first-order valence-electron chi connectivity index (χ1n) is 6.32. The average Bonchev–Trinajstić information content (AvgIpc) is 2.42. The Morgan fingerprint density at radius 1 is 1.05 bits per heavy atom. The zero-order chi connectivity index (χ0) is 14.9. The van der Waals surface area contributed by atoms with E-state index in [4.69, 9.17) is 0 Å². The predicted molar refractivity (Wildman–Crippen MR) is 75.1 cm³/mol. The fourth-order valence-electron chi connectivity index (χ4n) is 2.62. The van der Waals surface area contributed by atoms with Gasteiger partial charge in [-0.1, -0.05) is 36.4 Å². The summed E-state index contributed by atoms with van der Waals surface area (Å²) in [5, 5.41) is 18.7. The first-order chi connectivity index (χ1) is 9.41. The molecule has 2 N–H and O–H groups in total. The lowest BCUT2D eigenvalue weighted by molar-refractivity contribution is -0.161. The van der Waals surface area contributed by atoms with Crippen LogP contribution in [-0.4, -0.2) is 22.2 Å². The summed E-state index contributed by atoms with van der Waals surface area (Å²) in [6.07, 6.45) is 1.67. The summed E-state index contributed by atoms with van der Waals surface area (Å²) in [5.74, 6) is -2.63. The third kappa shape index (κ3) is 1.93. The molecule has 0 aliphatic heterocycles. The van der Waals surface area contributed by atoms with Crippen molar-refractivity contribution in [2.24, 2.45) is 5.41 Å². The van der Waals surface area contributed by atoms with Gasteiger partial charge in [-0.3, -0.25) is 9.59 Å². The molecular formula is C16H16O4. The lowest BCUT2D eigenvalue weighted by Gasteiger charge is -2.31. The molecule has 1 aliphatic carbocycles. The Labute approximate surface area is 117 Å².